The van der Waals surface area contributed by atoms with Gasteiger partial charge in [-0.15, -0.1) is 0 Å². The molecule has 2 unspecified atom stereocenters. The molecule has 0 aliphatic heterocycles. The highest BCUT2D eigenvalue weighted by Crippen LogP contribution is 2.38. The smallest absolute Gasteiger partial charge is 0.306 e. The first-order valence-corrected chi connectivity index (χ1v) is 24.7. The normalized spacial score (nSPS) is 14.0. The highest BCUT2D eigenvalue weighted by atomic mass is 31.2. The van der Waals surface area contributed by atoms with Gasteiger partial charge in [0.15, 0.2) is 0 Å². The third kappa shape index (κ3) is 43.8. The van der Waals surface area contributed by atoms with E-state index in [0.717, 1.165) is 38.5 Å². The molecular formula is C47H90NO7P. The Balaban J connectivity index is 4.11. The summed E-state index contributed by atoms with van der Waals surface area (Å²) in [6.07, 6.45) is 47.3. The van der Waals surface area contributed by atoms with E-state index in [0.29, 0.717) is 24.1 Å². The van der Waals surface area contributed by atoms with E-state index in [1.54, 1.807) is 0 Å². The van der Waals surface area contributed by atoms with E-state index in [1.807, 2.05) is 21.1 Å². The molecule has 0 amide bonds. The van der Waals surface area contributed by atoms with Crippen LogP contribution in [0.1, 0.15) is 200 Å². The Bertz CT molecular complexity index is 994. The van der Waals surface area contributed by atoms with Crippen molar-refractivity contribution in [3.63, 3.8) is 0 Å². The van der Waals surface area contributed by atoms with Gasteiger partial charge in [0.1, 0.15) is 19.3 Å². The van der Waals surface area contributed by atoms with Crippen molar-refractivity contribution in [1.29, 1.82) is 0 Å². The molecule has 0 N–H and O–H groups in total. The molecule has 0 aromatic rings. The molecule has 0 fully saturated rings. The van der Waals surface area contributed by atoms with Gasteiger partial charge in [0.25, 0.3) is 7.82 Å². The second-order valence-corrected chi connectivity index (χ2v) is 18.2. The van der Waals surface area contributed by atoms with E-state index in [1.165, 1.54) is 141 Å². The molecule has 0 spiro atoms. The van der Waals surface area contributed by atoms with E-state index in [4.69, 9.17) is 18.5 Å². The number of hydrogen-bond acceptors (Lipinski definition) is 7. The van der Waals surface area contributed by atoms with Gasteiger partial charge >= 0.3 is 5.97 Å². The number of likely N-dealkylation sites (N-methyl/N-ethyl adjacent to an activating group) is 1. The van der Waals surface area contributed by atoms with Crippen LogP contribution in [0.3, 0.4) is 0 Å². The number of nitrogens with zero attached hydrogens (tertiary/aromatic N) is 1. The van der Waals surface area contributed by atoms with Crippen LogP contribution >= 0.6 is 7.82 Å². The quantitative estimate of drug-likeness (QED) is 0.0199. The second kappa shape index (κ2) is 40.5. The zero-order valence-electron chi connectivity index (χ0n) is 37.3. The zero-order chi connectivity index (χ0) is 41.3. The lowest BCUT2D eigenvalue weighted by Gasteiger charge is -2.28. The molecule has 2 atom stereocenters. The van der Waals surface area contributed by atoms with E-state index < -0.39 is 13.9 Å². The van der Waals surface area contributed by atoms with Gasteiger partial charge in [0, 0.05) is 13.0 Å². The number of phosphoric acid groups is 1. The standard InChI is InChI=1S/C47H90NO7P/c1-6-8-10-12-14-16-18-19-20-21-22-23-24-25-26-27-28-29-30-32-34-36-38-40-47(49)55-46(45-54-56(50,51)53-43-41-48(3,4)5)44-52-42-39-37-35-33-31-17-15-13-11-9-7-2/h11,13,18-19,21-22,46H,6-10,12,14-17,20,23-45H2,1-5H3/b13-11-,19-18-,22-21-. The van der Waals surface area contributed by atoms with Crippen LogP contribution < -0.4 is 4.89 Å². The number of rotatable bonds is 43. The van der Waals surface area contributed by atoms with E-state index >= 15 is 0 Å². The van der Waals surface area contributed by atoms with Gasteiger partial charge in [-0.05, 0) is 64.2 Å². The van der Waals surface area contributed by atoms with Crippen molar-refractivity contribution in [3.05, 3.63) is 36.5 Å². The lowest BCUT2D eigenvalue weighted by atomic mass is 10.0. The van der Waals surface area contributed by atoms with Gasteiger partial charge < -0.3 is 27.9 Å². The van der Waals surface area contributed by atoms with Gasteiger partial charge in [-0.25, -0.2) is 0 Å². The Labute approximate surface area is 346 Å². The summed E-state index contributed by atoms with van der Waals surface area (Å²) in [4.78, 5) is 25.1. The number of phosphoric ester groups is 1. The van der Waals surface area contributed by atoms with Crippen LogP contribution in [0.2, 0.25) is 0 Å². The fourth-order valence-electron chi connectivity index (χ4n) is 6.28. The maximum atomic E-state index is 12.7. The van der Waals surface area contributed by atoms with Crippen molar-refractivity contribution < 1.29 is 37.3 Å². The Morgan fingerprint density at radius 1 is 0.554 bits per heavy atom. The number of quaternary nitrogens is 1. The van der Waals surface area contributed by atoms with Crippen molar-refractivity contribution in [1.82, 2.24) is 0 Å². The molecule has 56 heavy (non-hydrogen) atoms. The molecule has 0 bridgehead atoms. The summed E-state index contributed by atoms with van der Waals surface area (Å²) in [6, 6.07) is 0. The molecule has 0 saturated heterocycles. The average molecular weight is 812 g/mol. The monoisotopic (exact) mass is 812 g/mol. The molecule has 0 aliphatic rings. The Morgan fingerprint density at radius 3 is 1.54 bits per heavy atom. The van der Waals surface area contributed by atoms with Crippen molar-refractivity contribution in [2.24, 2.45) is 0 Å². The minimum atomic E-state index is -4.52. The molecule has 0 aromatic carbocycles. The Kier molecular flexibility index (Phi) is 39.6. The van der Waals surface area contributed by atoms with Crippen LogP contribution in [-0.4, -0.2) is 70.7 Å². The molecule has 330 valence electrons. The van der Waals surface area contributed by atoms with Crippen LogP contribution in [0.4, 0.5) is 0 Å². The molecule has 0 aliphatic carbocycles. The fourth-order valence-corrected chi connectivity index (χ4v) is 7.01. The number of carbonyl (C=O) groups excluding carboxylic acids is 1. The summed E-state index contributed by atoms with van der Waals surface area (Å²) in [7, 11) is 1.35. The molecule has 0 heterocycles. The number of unbranched alkanes of at least 4 members (excludes halogenated alkanes) is 23. The number of hydrogen-bond donors (Lipinski definition) is 0. The van der Waals surface area contributed by atoms with Crippen molar-refractivity contribution in [2.45, 2.75) is 206 Å². The van der Waals surface area contributed by atoms with Crippen molar-refractivity contribution in [3.8, 4) is 0 Å². The Morgan fingerprint density at radius 2 is 1.02 bits per heavy atom. The van der Waals surface area contributed by atoms with Crippen LogP contribution in [0, 0.1) is 0 Å². The van der Waals surface area contributed by atoms with Crippen molar-refractivity contribution in [2.75, 3.05) is 54.1 Å². The van der Waals surface area contributed by atoms with Gasteiger partial charge in [-0.3, -0.25) is 9.36 Å². The Hall–Kier alpha value is -1.28. The van der Waals surface area contributed by atoms with Crippen LogP contribution in [0.5, 0.6) is 0 Å². The lowest BCUT2D eigenvalue weighted by Crippen LogP contribution is -2.37. The minimum Gasteiger partial charge on any atom is -0.756 e. The first-order chi connectivity index (χ1) is 27.1. The number of ether oxygens (including phenoxy) is 2. The molecule has 0 saturated carbocycles. The predicted molar refractivity (Wildman–Crippen MR) is 236 cm³/mol. The predicted octanol–water partition coefficient (Wildman–Crippen LogP) is 13.1. The molecule has 0 radical (unpaired) electrons. The van der Waals surface area contributed by atoms with Crippen LogP contribution in [0.25, 0.3) is 0 Å². The molecule has 0 aromatic heterocycles. The van der Waals surface area contributed by atoms with E-state index in [9.17, 15) is 14.3 Å². The van der Waals surface area contributed by atoms with Gasteiger partial charge in [-0.1, -0.05) is 166 Å². The van der Waals surface area contributed by atoms with Gasteiger partial charge in [0.05, 0.1) is 34.4 Å². The third-order valence-electron chi connectivity index (χ3n) is 9.89. The summed E-state index contributed by atoms with van der Waals surface area (Å²) in [5.41, 5.74) is 0. The summed E-state index contributed by atoms with van der Waals surface area (Å²) < 4.78 is 34.6. The number of carbonyl (C=O) groups is 1. The third-order valence-corrected chi connectivity index (χ3v) is 10.9. The zero-order valence-corrected chi connectivity index (χ0v) is 38.2. The fraction of sp³-hybridized carbons (Fsp3) is 0.851. The first kappa shape index (κ1) is 54.7. The molecule has 8 nitrogen and oxygen atoms in total. The van der Waals surface area contributed by atoms with Gasteiger partial charge in [-0.2, -0.15) is 0 Å². The topological polar surface area (TPSA) is 94.1 Å². The maximum absolute atomic E-state index is 12.7. The highest BCUT2D eigenvalue weighted by molar-refractivity contribution is 7.45. The largest absolute Gasteiger partial charge is 0.756 e. The SMILES string of the molecule is CCC/C=C\CCCCCCCCOCC(COP(=O)([O-])OCC[N+](C)(C)C)OC(=O)CCCCCCCCCCCCC/C=C\C/C=C\CCCCCCC. The van der Waals surface area contributed by atoms with Crippen LogP contribution in [0.15, 0.2) is 36.5 Å². The minimum absolute atomic E-state index is 0.0246. The van der Waals surface area contributed by atoms with Crippen molar-refractivity contribution >= 4 is 13.8 Å². The lowest BCUT2D eigenvalue weighted by molar-refractivity contribution is -0.870. The number of esters is 1. The molecule has 0 rings (SSSR count). The molecular weight excluding hydrogens is 721 g/mol. The second-order valence-electron chi connectivity index (χ2n) is 16.8. The summed E-state index contributed by atoms with van der Waals surface area (Å²) in [5.74, 6) is -0.339. The summed E-state index contributed by atoms with van der Waals surface area (Å²) >= 11 is 0. The van der Waals surface area contributed by atoms with E-state index in [2.05, 4.69) is 50.3 Å². The average Bonchev–Trinajstić information content (AvgIpc) is 3.15. The first-order valence-electron chi connectivity index (χ1n) is 23.2. The highest BCUT2D eigenvalue weighted by Gasteiger charge is 2.20. The summed E-state index contributed by atoms with van der Waals surface area (Å²) in [5, 5.41) is 0. The van der Waals surface area contributed by atoms with Gasteiger partial charge in [0.2, 0.25) is 0 Å². The molecule has 9 heteroatoms. The van der Waals surface area contributed by atoms with Crippen LogP contribution in [-0.2, 0) is 27.9 Å². The summed E-state index contributed by atoms with van der Waals surface area (Å²) in [6.45, 7) is 5.34. The van der Waals surface area contributed by atoms with E-state index in [-0.39, 0.29) is 25.8 Å². The maximum Gasteiger partial charge on any atom is 0.306 e. The number of allylic oxidation sites excluding steroid dienone is 6.